The predicted molar refractivity (Wildman–Crippen MR) is 89.7 cm³/mol. The number of hydrogen-bond acceptors (Lipinski definition) is 0. The number of rotatable bonds is 3. The maximum Gasteiger partial charge on any atom is 0.127 e. The van der Waals surface area contributed by atoms with E-state index in [4.69, 9.17) is 23.2 Å². The Morgan fingerprint density at radius 3 is 2.33 bits per heavy atom. The van der Waals surface area contributed by atoms with Crippen LogP contribution in [0.3, 0.4) is 0 Å². The third-order valence-electron chi connectivity index (χ3n) is 4.97. The predicted octanol–water partition coefficient (Wildman–Crippen LogP) is 6.48. The second kappa shape index (κ2) is 6.87. The van der Waals surface area contributed by atoms with Crippen LogP contribution in [-0.4, -0.2) is 5.38 Å². The molecule has 1 aliphatic carbocycles. The van der Waals surface area contributed by atoms with Crippen molar-refractivity contribution < 1.29 is 4.39 Å². The van der Waals surface area contributed by atoms with E-state index >= 15 is 0 Å². The van der Waals surface area contributed by atoms with Crippen molar-refractivity contribution >= 4 is 23.2 Å². The van der Waals surface area contributed by atoms with Crippen molar-refractivity contribution in [2.24, 2.45) is 17.3 Å². The number of hydrogen-bond donors (Lipinski definition) is 0. The summed E-state index contributed by atoms with van der Waals surface area (Å²) >= 11 is 12.7. The van der Waals surface area contributed by atoms with E-state index in [1.54, 1.807) is 12.1 Å². The monoisotopic (exact) mass is 330 g/mol. The second-order valence-electron chi connectivity index (χ2n) is 7.40. The van der Waals surface area contributed by atoms with E-state index in [-0.39, 0.29) is 11.2 Å². The van der Waals surface area contributed by atoms with Gasteiger partial charge in [-0.05, 0) is 61.5 Å². The van der Waals surface area contributed by atoms with Gasteiger partial charge in [0.25, 0.3) is 0 Å². The van der Waals surface area contributed by atoms with Crippen LogP contribution in [0.2, 0.25) is 5.02 Å². The minimum absolute atomic E-state index is 0.0275. The van der Waals surface area contributed by atoms with E-state index in [9.17, 15) is 4.39 Å². The molecule has 1 aromatic rings. The molecule has 2 rings (SSSR count). The molecule has 21 heavy (non-hydrogen) atoms. The second-order valence-corrected chi connectivity index (χ2v) is 8.37. The third-order valence-corrected chi connectivity index (χ3v) is 5.83. The summed E-state index contributed by atoms with van der Waals surface area (Å²) in [6, 6.07) is 4.83. The molecular formula is C18H25Cl2F. The number of benzene rings is 1. The smallest absolute Gasteiger partial charge is 0.127 e. The van der Waals surface area contributed by atoms with Gasteiger partial charge in [0, 0.05) is 16.0 Å². The van der Waals surface area contributed by atoms with Crippen LogP contribution >= 0.6 is 23.2 Å². The first-order valence-corrected chi connectivity index (χ1v) is 8.67. The standard InChI is InChI=1S/C18H25Cl2F/c1-18(2,3)13-9-7-12(8-10-13)16(20)11-14-15(19)5-4-6-17(14)21/h4-6,12-13,16H,7-11H2,1-3H3. The summed E-state index contributed by atoms with van der Waals surface area (Å²) in [6.07, 6.45) is 5.26. The Bertz CT molecular complexity index is 450. The molecule has 0 aliphatic heterocycles. The molecule has 0 radical (unpaired) electrons. The molecule has 1 atom stereocenters. The maximum absolute atomic E-state index is 13.9. The van der Waals surface area contributed by atoms with E-state index in [1.807, 2.05) is 0 Å². The van der Waals surface area contributed by atoms with Gasteiger partial charge in [-0.3, -0.25) is 0 Å². The molecule has 3 heteroatoms. The Kier molecular flexibility index (Phi) is 5.59. The summed E-state index contributed by atoms with van der Waals surface area (Å²) in [5, 5.41) is 0.462. The quantitative estimate of drug-likeness (QED) is 0.556. The van der Waals surface area contributed by atoms with Crippen LogP contribution < -0.4 is 0 Å². The lowest BCUT2D eigenvalue weighted by Crippen LogP contribution is -2.29. The fourth-order valence-electron chi connectivity index (χ4n) is 3.44. The Labute approximate surface area is 138 Å². The molecule has 0 N–H and O–H groups in total. The Balaban J connectivity index is 1.95. The van der Waals surface area contributed by atoms with E-state index in [0.717, 1.165) is 18.8 Å². The van der Waals surface area contributed by atoms with Crippen molar-refractivity contribution in [3.8, 4) is 0 Å². The maximum atomic E-state index is 13.9. The summed E-state index contributed by atoms with van der Waals surface area (Å²) in [6.45, 7) is 6.94. The van der Waals surface area contributed by atoms with Crippen molar-refractivity contribution in [3.63, 3.8) is 0 Å². The normalized spacial score (nSPS) is 24.9. The SMILES string of the molecule is CC(C)(C)C1CCC(C(Cl)Cc2c(F)cccc2Cl)CC1. The molecule has 0 aromatic heterocycles. The molecule has 118 valence electrons. The topological polar surface area (TPSA) is 0 Å². The van der Waals surface area contributed by atoms with Crippen LogP contribution in [0.25, 0.3) is 0 Å². The summed E-state index contributed by atoms with van der Waals surface area (Å²) in [4.78, 5) is 0. The Morgan fingerprint density at radius 1 is 1.19 bits per heavy atom. The molecule has 1 aliphatic rings. The van der Waals surface area contributed by atoms with Crippen LogP contribution in [0, 0.1) is 23.1 Å². The molecule has 1 aromatic carbocycles. The molecule has 0 saturated heterocycles. The molecule has 0 heterocycles. The van der Waals surface area contributed by atoms with Gasteiger partial charge in [-0.1, -0.05) is 38.4 Å². The first-order chi connectivity index (χ1) is 9.79. The Morgan fingerprint density at radius 2 is 1.81 bits per heavy atom. The number of alkyl halides is 1. The van der Waals surface area contributed by atoms with Gasteiger partial charge >= 0.3 is 0 Å². The van der Waals surface area contributed by atoms with Crippen LogP contribution in [0.5, 0.6) is 0 Å². The highest BCUT2D eigenvalue weighted by molar-refractivity contribution is 6.31. The minimum atomic E-state index is -0.239. The average Bonchev–Trinajstić information content (AvgIpc) is 2.42. The first-order valence-electron chi connectivity index (χ1n) is 7.86. The number of halogens is 3. The van der Waals surface area contributed by atoms with Gasteiger partial charge < -0.3 is 0 Å². The lowest BCUT2D eigenvalue weighted by molar-refractivity contribution is 0.148. The Hall–Kier alpha value is -0.270. The van der Waals surface area contributed by atoms with Gasteiger partial charge in [-0.2, -0.15) is 0 Å². The molecule has 1 fully saturated rings. The van der Waals surface area contributed by atoms with E-state index in [0.29, 0.717) is 28.3 Å². The molecule has 0 bridgehead atoms. The highest BCUT2D eigenvalue weighted by Gasteiger charge is 2.32. The minimum Gasteiger partial charge on any atom is -0.207 e. The average molecular weight is 331 g/mol. The van der Waals surface area contributed by atoms with E-state index < -0.39 is 0 Å². The van der Waals surface area contributed by atoms with Crippen LogP contribution in [0.4, 0.5) is 4.39 Å². The fraction of sp³-hybridized carbons (Fsp3) is 0.667. The molecule has 1 unspecified atom stereocenters. The summed E-state index contributed by atoms with van der Waals surface area (Å²) in [5.74, 6) is 1.01. The largest absolute Gasteiger partial charge is 0.207 e. The molecule has 1 saturated carbocycles. The zero-order valence-corrected chi connectivity index (χ0v) is 14.6. The lowest BCUT2D eigenvalue weighted by Gasteiger charge is -2.38. The zero-order valence-electron chi connectivity index (χ0n) is 13.1. The molecule has 0 spiro atoms. The highest BCUT2D eigenvalue weighted by atomic mass is 35.5. The van der Waals surface area contributed by atoms with Crippen molar-refractivity contribution in [2.75, 3.05) is 0 Å². The summed E-state index contributed by atoms with van der Waals surface area (Å²) in [5.41, 5.74) is 0.943. The molecule has 0 amide bonds. The third kappa shape index (κ3) is 4.36. The van der Waals surface area contributed by atoms with Gasteiger partial charge in [0.2, 0.25) is 0 Å². The zero-order chi connectivity index (χ0) is 15.6. The van der Waals surface area contributed by atoms with E-state index in [1.165, 1.54) is 18.9 Å². The summed E-state index contributed by atoms with van der Waals surface area (Å²) in [7, 11) is 0. The van der Waals surface area contributed by atoms with Gasteiger partial charge in [0.15, 0.2) is 0 Å². The first kappa shape index (κ1) is 17.1. The van der Waals surface area contributed by atoms with Crippen LogP contribution in [0.1, 0.15) is 52.0 Å². The highest BCUT2D eigenvalue weighted by Crippen LogP contribution is 2.42. The van der Waals surface area contributed by atoms with Crippen LogP contribution in [0.15, 0.2) is 18.2 Å². The van der Waals surface area contributed by atoms with Crippen molar-refractivity contribution in [2.45, 2.75) is 58.3 Å². The van der Waals surface area contributed by atoms with E-state index in [2.05, 4.69) is 20.8 Å². The van der Waals surface area contributed by atoms with Crippen molar-refractivity contribution in [3.05, 3.63) is 34.6 Å². The van der Waals surface area contributed by atoms with Crippen molar-refractivity contribution in [1.29, 1.82) is 0 Å². The van der Waals surface area contributed by atoms with Gasteiger partial charge in [-0.25, -0.2) is 4.39 Å². The van der Waals surface area contributed by atoms with Crippen molar-refractivity contribution in [1.82, 2.24) is 0 Å². The lowest BCUT2D eigenvalue weighted by atomic mass is 9.69. The van der Waals surface area contributed by atoms with Gasteiger partial charge in [0.1, 0.15) is 5.82 Å². The van der Waals surface area contributed by atoms with Gasteiger partial charge in [-0.15, -0.1) is 11.6 Å². The molecular weight excluding hydrogens is 306 g/mol. The summed E-state index contributed by atoms with van der Waals surface area (Å²) < 4.78 is 13.9. The molecule has 0 nitrogen and oxygen atoms in total. The fourth-order valence-corrected chi connectivity index (χ4v) is 4.08. The van der Waals surface area contributed by atoms with Crippen LogP contribution in [-0.2, 0) is 6.42 Å². The van der Waals surface area contributed by atoms with Gasteiger partial charge in [0.05, 0.1) is 0 Å².